The summed E-state index contributed by atoms with van der Waals surface area (Å²) in [7, 11) is 0. The maximum atomic E-state index is 8.81. The van der Waals surface area contributed by atoms with E-state index in [0.29, 0.717) is 11.2 Å². The van der Waals surface area contributed by atoms with Crippen LogP contribution in [0.3, 0.4) is 0 Å². The van der Waals surface area contributed by atoms with Gasteiger partial charge in [0, 0.05) is 6.20 Å². The third-order valence-corrected chi connectivity index (χ3v) is 1.82. The molecule has 0 bridgehead atoms. The van der Waals surface area contributed by atoms with Crippen molar-refractivity contribution in [2.75, 3.05) is 6.61 Å². The SMILES string of the molecule is NC(CO)c1cnc2n[nH]nc2c1. The van der Waals surface area contributed by atoms with Gasteiger partial charge in [-0.25, -0.2) is 4.98 Å². The Kier molecular flexibility index (Phi) is 1.91. The second-order valence-electron chi connectivity index (χ2n) is 2.72. The molecule has 0 saturated heterocycles. The predicted octanol–water partition coefficient (Wildman–Crippen LogP) is -0.655. The highest BCUT2D eigenvalue weighted by Crippen LogP contribution is 2.12. The van der Waals surface area contributed by atoms with Crippen molar-refractivity contribution in [3.8, 4) is 0 Å². The van der Waals surface area contributed by atoms with Gasteiger partial charge in [0.2, 0.25) is 5.65 Å². The highest BCUT2D eigenvalue weighted by molar-refractivity contribution is 5.69. The lowest BCUT2D eigenvalue weighted by atomic mass is 10.1. The maximum Gasteiger partial charge on any atom is 0.201 e. The van der Waals surface area contributed by atoms with Crippen LogP contribution in [0, 0.1) is 0 Å². The fourth-order valence-electron chi connectivity index (χ4n) is 1.06. The van der Waals surface area contributed by atoms with E-state index in [1.54, 1.807) is 12.3 Å². The molecule has 4 N–H and O–H groups in total. The van der Waals surface area contributed by atoms with E-state index in [9.17, 15) is 0 Å². The lowest BCUT2D eigenvalue weighted by Gasteiger charge is -2.06. The summed E-state index contributed by atoms with van der Waals surface area (Å²) in [6.45, 7) is -0.106. The zero-order chi connectivity index (χ0) is 9.26. The molecule has 1 unspecified atom stereocenters. The number of aromatic nitrogens is 4. The van der Waals surface area contributed by atoms with Crippen molar-refractivity contribution in [1.82, 2.24) is 20.4 Å². The van der Waals surface area contributed by atoms with Crippen molar-refractivity contribution in [3.63, 3.8) is 0 Å². The normalized spacial score (nSPS) is 13.4. The van der Waals surface area contributed by atoms with Gasteiger partial charge in [-0.3, -0.25) is 0 Å². The molecule has 2 heterocycles. The van der Waals surface area contributed by atoms with Gasteiger partial charge in [0.15, 0.2) is 0 Å². The number of hydrogen-bond acceptors (Lipinski definition) is 5. The molecule has 0 saturated carbocycles. The fourth-order valence-corrected chi connectivity index (χ4v) is 1.06. The van der Waals surface area contributed by atoms with Crippen LogP contribution in [0.25, 0.3) is 11.2 Å². The van der Waals surface area contributed by atoms with Crippen molar-refractivity contribution in [3.05, 3.63) is 17.8 Å². The number of nitrogens with two attached hydrogens (primary N) is 1. The number of aliphatic hydroxyl groups is 1. The van der Waals surface area contributed by atoms with Gasteiger partial charge < -0.3 is 10.8 Å². The molecule has 0 aliphatic rings. The zero-order valence-corrected chi connectivity index (χ0v) is 6.81. The minimum absolute atomic E-state index is 0.106. The molecule has 68 valence electrons. The number of pyridine rings is 1. The fraction of sp³-hybridized carbons (Fsp3) is 0.286. The van der Waals surface area contributed by atoms with Crippen LogP contribution in [0.2, 0.25) is 0 Å². The largest absolute Gasteiger partial charge is 0.394 e. The highest BCUT2D eigenvalue weighted by atomic mass is 16.3. The standard InChI is InChI=1S/C7H9N5O/c8-5(3-13)4-1-6-7(9-2-4)11-12-10-6/h1-2,5,13H,3,8H2,(H,9,10,11,12). The van der Waals surface area contributed by atoms with Gasteiger partial charge in [0.1, 0.15) is 5.52 Å². The third-order valence-electron chi connectivity index (χ3n) is 1.82. The van der Waals surface area contributed by atoms with E-state index in [2.05, 4.69) is 20.4 Å². The van der Waals surface area contributed by atoms with Crippen LogP contribution < -0.4 is 5.73 Å². The molecule has 0 spiro atoms. The van der Waals surface area contributed by atoms with E-state index < -0.39 is 6.04 Å². The average molecular weight is 179 g/mol. The molecular formula is C7H9N5O. The average Bonchev–Trinajstić information content (AvgIpc) is 2.63. The predicted molar refractivity (Wildman–Crippen MR) is 45.7 cm³/mol. The molecule has 0 amide bonds. The van der Waals surface area contributed by atoms with Crippen molar-refractivity contribution in [2.24, 2.45) is 5.73 Å². The second kappa shape index (κ2) is 3.08. The summed E-state index contributed by atoms with van der Waals surface area (Å²) in [5.74, 6) is 0. The van der Waals surface area contributed by atoms with Gasteiger partial charge in [-0.15, -0.1) is 5.10 Å². The molecule has 1 atom stereocenters. The van der Waals surface area contributed by atoms with Crippen LogP contribution in [0.1, 0.15) is 11.6 Å². The Balaban J connectivity index is 2.48. The summed E-state index contributed by atoms with van der Waals surface area (Å²) in [4.78, 5) is 4.01. The second-order valence-corrected chi connectivity index (χ2v) is 2.72. The molecule has 0 radical (unpaired) electrons. The highest BCUT2D eigenvalue weighted by Gasteiger charge is 2.07. The van der Waals surface area contributed by atoms with Gasteiger partial charge in [-0.05, 0) is 11.6 Å². The van der Waals surface area contributed by atoms with Crippen molar-refractivity contribution >= 4 is 11.2 Å². The van der Waals surface area contributed by atoms with Gasteiger partial charge in [0.05, 0.1) is 12.6 Å². The number of fused-ring (bicyclic) bond motifs is 1. The first-order valence-electron chi connectivity index (χ1n) is 3.84. The lowest BCUT2D eigenvalue weighted by molar-refractivity contribution is 0.268. The minimum atomic E-state index is -0.409. The summed E-state index contributed by atoms with van der Waals surface area (Å²) in [6, 6.07) is 1.35. The Bertz CT molecular complexity index is 412. The van der Waals surface area contributed by atoms with E-state index in [1.165, 1.54) is 0 Å². The van der Waals surface area contributed by atoms with Crippen LogP contribution in [-0.4, -0.2) is 32.1 Å². The van der Waals surface area contributed by atoms with Gasteiger partial charge >= 0.3 is 0 Å². The van der Waals surface area contributed by atoms with Crippen LogP contribution in [0.15, 0.2) is 12.3 Å². The molecule has 2 aromatic rings. The van der Waals surface area contributed by atoms with E-state index in [1.807, 2.05) is 0 Å². The molecule has 6 heteroatoms. The third kappa shape index (κ3) is 1.36. The Hall–Kier alpha value is -1.53. The number of hydrogen-bond donors (Lipinski definition) is 3. The summed E-state index contributed by atoms with van der Waals surface area (Å²) in [5, 5.41) is 18.9. The van der Waals surface area contributed by atoms with Crippen LogP contribution >= 0.6 is 0 Å². The number of rotatable bonds is 2. The zero-order valence-electron chi connectivity index (χ0n) is 6.81. The number of aromatic amines is 1. The smallest absolute Gasteiger partial charge is 0.201 e. The number of nitrogens with one attached hydrogen (secondary N) is 1. The van der Waals surface area contributed by atoms with Crippen LogP contribution in [0.5, 0.6) is 0 Å². The van der Waals surface area contributed by atoms with E-state index >= 15 is 0 Å². The van der Waals surface area contributed by atoms with Gasteiger partial charge in [0.25, 0.3) is 0 Å². The van der Waals surface area contributed by atoms with Crippen molar-refractivity contribution < 1.29 is 5.11 Å². The molecule has 0 aliphatic carbocycles. The monoisotopic (exact) mass is 179 g/mol. The quantitative estimate of drug-likeness (QED) is 0.568. The Morgan fingerprint density at radius 1 is 1.54 bits per heavy atom. The van der Waals surface area contributed by atoms with Gasteiger partial charge in [-0.2, -0.15) is 10.3 Å². The van der Waals surface area contributed by atoms with Gasteiger partial charge in [-0.1, -0.05) is 0 Å². The topological polar surface area (TPSA) is 101 Å². The molecular weight excluding hydrogens is 170 g/mol. The lowest BCUT2D eigenvalue weighted by Crippen LogP contribution is -2.14. The molecule has 0 aromatic carbocycles. The van der Waals surface area contributed by atoms with Crippen LogP contribution in [-0.2, 0) is 0 Å². The molecule has 0 fully saturated rings. The first-order valence-corrected chi connectivity index (χ1v) is 3.84. The summed E-state index contributed by atoms with van der Waals surface area (Å²) in [6.07, 6.45) is 1.59. The minimum Gasteiger partial charge on any atom is -0.394 e. The summed E-state index contributed by atoms with van der Waals surface area (Å²) >= 11 is 0. The Morgan fingerprint density at radius 3 is 3.15 bits per heavy atom. The molecule has 13 heavy (non-hydrogen) atoms. The van der Waals surface area contributed by atoms with Crippen molar-refractivity contribution in [2.45, 2.75) is 6.04 Å². The number of nitrogens with zero attached hydrogens (tertiary/aromatic N) is 3. The Labute approximate surface area is 73.8 Å². The first kappa shape index (κ1) is 8.09. The van der Waals surface area contributed by atoms with E-state index in [4.69, 9.17) is 10.8 Å². The van der Waals surface area contributed by atoms with Crippen molar-refractivity contribution in [1.29, 1.82) is 0 Å². The summed E-state index contributed by atoms with van der Waals surface area (Å²) in [5.41, 5.74) is 7.56. The van der Waals surface area contributed by atoms with E-state index in [-0.39, 0.29) is 6.61 Å². The molecule has 6 nitrogen and oxygen atoms in total. The molecule has 2 aromatic heterocycles. The number of aliphatic hydroxyl groups excluding tert-OH is 1. The Morgan fingerprint density at radius 2 is 2.38 bits per heavy atom. The maximum absolute atomic E-state index is 8.81. The van der Waals surface area contributed by atoms with E-state index in [0.717, 1.165) is 5.56 Å². The van der Waals surface area contributed by atoms with Crippen LogP contribution in [0.4, 0.5) is 0 Å². The molecule has 0 aliphatic heterocycles. The first-order chi connectivity index (χ1) is 6.31. The summed E-state index contributed by atoms with van der Waals surface area (Å²) < 4.78 is 0. The number of H-pyrrole nitrogens is 1. The molecule has 2 rings (SSSR count).